The summed E-state index contributed by atoms with van der Waals surface area (Å²) in [5.74, 6) is -2.94. The molecule has 2 aromatic rings. The van der Waals surface area contributed by atoms with E-state index in [9.17, 15) is 24.0 Å². The van der Waals surface area contributed by atoms with Crippen molar-refractivity contribution < 1.29 is 33.4 Å². The molecule has 186 valence electrons. The summed E-state index contributed by atoms with van der Waals surface area (Å²) in [6, 6.07) is 12.1. The number of nitrogens with zero attached hydrogens (tertiary/aromatic N) is 1. The minimum absolute atomic E-state index is 0.0129. The van der Waals surface area contributed by atoms with Gasteiger partial charge in [-0.05, 0) is 67.8 Å². The number of hydrogen-bond acceptors (Lipinski definition) is 7. The van der Waals surface area contributed by atoms with Crippen LogP contribution in [-0.4, -0.2) is 42.9 Å². The van der Waals surface area contributed by atoms with Crippen LogP contribution in [-0.2, 0) is 23.9 Å². The van der Waals surface area contributed by atoms with Gasteiger partial charge in [0.15, 0.2) is 6.61 Å². The highest BCUT2D eigenvalue weighted by atomic mass is 16.5. The van der Waals surface area contributed by atoms with Crippen molar-refractivity contribution in [2.45, 2.75) is 20.3 Å². The van der Waals surface area contributed by atoms with Crippen LogP contribution in [0.5, 0.6) is 0 Å². The lowest BCUT2D eigenvalue weighted by atomic mass is 9.78. The SMILES string of the molecule is CCOC(=O)c1ccc(NC(=O)COC(=O)c2ccc(N3C(=O)[C@@H]4[C@@H](C)C=CC[C@H]4C3=O)cc2)cc1. The van der Waals surface area contributed by atoms with Gasteiger partial charge in [0.2, 0.25) is 11.8 Å². The maximum absolute atomic E-state index is 12.9. The van der Waals surface area contributed by atoms with Gasteiger partial charge in [-0.3, -0.25) is 19.3 Å². The highest BCUT2D eigenvalue weighted by Crippen LogP contribution is 2.40. The number of esters is 2. The molecule has 0 unspecified atom stereocenters. The van der Waals surface area contributed by atoms with Crippen molar-refractivity contribution in [3.05, 3.63) is 71.8 Å². The molecule has 4 rings (SSSR count). The van der Waals surface area contributed by atoms with E-state index in [1.54, 1.807) is 19.1 Å². The average Bonchev–Trinajstić information content (AvgIpc) is 3.14. The molecule has 0 aromatic heterocycles. The highest BCUT2D eigenvalue weighted by molar-refractivity contribution is 6.22. The van der Waals surface area contributed by atoms with Crippen molar-refractivity contribution in [2.75, 3.05) is 23.4 Å². The summed E-state index contributed by atoms with van der Waals surface area (Å²) in [5, 5.41) is 2.58. The number of carbonyl (C=O) groups excluding carboxylic acids is 5. The van der Waals surface area contributed by atoms with Crippen LogP contribution in [0.2, 0.25) is 0 Å². The minimum atomic E-state index is -0.722. The minimum Gasteiger partial charge on any atom is -0.462 e. The topological polar surface area (TPSA) is 119 Å². The van der Waals surface area contributed by atoms with Crippen molar-refractivity contribution >= 4 is 41.0 Å². The number of ether oxygens (including phenoxy) is 2. The molecule has 0 saturated carbocycles. The van der Waals surface area contributed by atoms with Gasteiger partial charge in [0.25, 0.3) is 5.91 Å². The van der Waals surface area contributed by atoms with Crippen LogP contribution in [0, 0.1) is 17.8 Å². The van der Waals surface area contributed by atoms with E-state index >= 15 is 0 Å². The largest absolute Gasteiger partial charge is 0.462 e. The van der Waals surface area contributed by atoms with E-state index in [-0.39, 0.29) is 41.7 Å². The molecule has 36 heavy (non-hydrogen) atoms. The molecule has 1 aliphatic heterocycles. The Bertz CT molecular complexity index is 1220. The van der Waals surface area contributed by atoms with E-state index in [0.717, 1.165) is 0 Å². The van der Waals surface area contributed by atoms with Crippen molar-refractivity contribution in [1.82, 2.24) is 0 Å². The molecule has 0 bridgehead atoms. The van der Waals surface area contributed by atoms with Crippen LogP contribution < -0.4 is 10.2 Å². The number of benzene rings is 2. The van der Waals surface area contributed by atoms with Gasteiger partial charge < -0.3 is 14.8 Å². The van der Waals surface area contributed by atoms with Crippen LogP contribution in [0.1, 0.15) is 41.0 Å². The Morgan fingerprint density at radius 2 is 1.53 bits per heavy atom. The van der Waals surface area contributed by atoms with E-state index in [1.807, 2.05) is 19.1 Å². The lowest BCUT2D eigenvalue weighted by molar-refractivity contribution is -0.123. The van der Waals surface area contributed by atoms with E-state index in [1.165, 1.54) is 41.3 Å². The van der Waals surface area contributed by atoms with Crippen molar-refractivity contribution in [3.63, 3.8) is 0 Å². The van der Waals surface area contributed by atoms with Crippen molar-refractivity contribution in [3.8, 4) is 0 Å². The molecular formula is C27H26N2O7. The Morgan fingerprint density at radius 3 is 2.14 bits per heavy atom. The number of imide groups is 1. The van der Waals surface area contributed by atoms with Gasteiger partial charge >= 0.3 is 11.9 Å². The molecule has 9 nitrogen and oxygen atoms in total. The molecule has 1 aliphatic carbocycles. The predicted molar refractivity (Wildman–Crippen MR) is 130 cm³/mol. The summed E-state index contributed by atoms with van der Waals surface area (Å²) in [6.45, 7) is 3.38. The smallest absolute Gasteiger partial charge is 0.338 e. The number of hydrogen-bond donors (Lipinski definition) is 1. The van der Waals surface area contributed by atoms with Gasteiger partial charge in [-0.2, -0.15) is 0 Å². The molecule has 2 aliphatic rings. The summed E-state index contributed by atoms with van der Waals surface area (Å²) in [7, 11) is 0. The zero-order valence-corrected chi connectivity index (χ0v) is 19.9. The maximum atomic E-state index is 12.9. The Hall–Kier alpha value is -4.27. The lowest BCUT2D eigenvalue weighted by Gasteiger charge is -2.22. The summed E-state index contributed by atoms with van der Waals surface area (Å²) < 4.78 is 9.98. The molecule has 2 aromatic carbocycles. The summed E-state index contributed by atoms with van der Waals surface area (Å²) in [6.07, 6.45) is 4.44. The number of allylic oxidation sites excluding steroid dienone is 2. The normalized spacial score (nSPS) is 20.6. The Kier molecular flexibility index (Phi) is 7.28. The lowest BCUT2D eigenvalue weighted by Crippen LogP contribution is -2.31. The first kappa shape index (κ1) is 24.8. The second-order valence-electron chi connectivity index (χ2n) is 8.64. The first-order valence-corrected chi connectivity index (χ1v) is 11.7. The van der Waals surface area contributed by atoms with Crippen LogP contribution in [0.15, 0.2) is 60.7 Å². The number of fused-ring (bicyclic) bond motifs is 1. The zero-order valence-electron chi connectivity index (χ0n) is 19.9. The maximum Gasteiger partial charge on any atom is 0.338 e. The molecule has 3 atom stereocenters. The van der Waals surface area contributed by atoms with Gasteiger partial charge in [0, 0.05) is 5.69 Å². The number of nitrogens with one attached hydrogen (secondary N) is 1. The fraction of sp³-hybridized carbons (Fsp3) is 0.296. The molecular weight excluding hydrogens is 464 g/mol. The van der Waals surface area contributed by atoms with E-state index in [0.29, 0.717) is 23.4 Å². The second-order valence-corrected chi connectivity index (χ2v) is 8.64. The predicted octanol–water partition coefficient (Wildman–Crippen LogP) is 3.36. The van der Waals surface area contributed by atoms with Gasteiger partial charge in [-0.1, -0.05) is 19.1 Å². The third kappa shape index (κ3) is 5.05. The quantitative estimate of drug-likeness (QED) is 0.359. The van der Waals surface area contributed by atoms with Gasteiger partial charge in [0.1, 0.15) is 0 Å². The Morgan fingerprint density at radius 1 is 0.917 bits per heavy atom. The fourth-order valence-corrected chi connectivity index (χ4v) is 4.46. The number of carbonyl (C=O) groups is 5. The molecule has 1 fully saturated rings. The average molecular weight is 491 g/mol. The first-order valence-electron chi connectivity index (χ1n) is 11.7. The van der Waals surface area contributed by atoms with Crippen molar-refractivity contribution in [1.29, 1.82) is 0 Å². The molecule has 0 spiro atoms. The highest BCUT2D eigenvalue weighted by Gasteiger charge is 2.50. The van der Waals surface area contributed by atoms with Gasteiger partial charge in [0.05, 0.1) is 35.3 Å². The Labute approximate surface area is 208 Å². The van der Waals surface area contributed by atoms with Crippen LogP contribution in [0.4, 0.5) is 11.4 Å². The molecule has 9 heteroatoms. The summed E-state index contributed by atoms with van der Waals surface area (Å²) in [5.41, 5.74) is 1.36. The van der Waals surface area contributed by atoms with E-state index in [4.69, 9.17) is 9.47 Å². The number of anilines is 2. The fourth-order valence-electron chi connectivity index (χ4n) is 4.46. The molecule has 1 saturated heterocycles. The summed E-state index contributed by atoms with van der Waals surface area (Å²) >= 11 is 0. The van der Waals surface area contributed by atoms with Crippen LogP contribution >= 0.6 is 0 Å². The molecule has 0 radical (unpaired) electrons. The molecule has 1 N–H and O–H groups in total. The first-order chi connectivity index (χ1) is 17.3. The van der Waals surface area contributed by atoms with Crippen molar-refractivity contribution in [2.24, 2.45) is 17.8 Å². The summed E-state index contributed by atoms with van der Waals surface area (Å²) in [4.78, 5) is 63.1. The van der Waals surface area contributed by atoms with E-state index < -0.39 is 24.5 Å². The third-order valence-corrected chi connectivity index (χ3v) is 6.25. The number of rotatable bonds is 7. The molecule has 3 amide bonds. The monoisotopic (exact) mass is 490 g/mol. The van der Waals surface area contributed by atoms with Crippen LogP contribution in [0.3, 0.4) is 0 Å². The number of amides is 3. The zero-order chi connectivity index (χ0) is 25.8. The second kappa shape index (κ2) is 10.6. The Balaban J connectivity index is 1.31. The van der Waals surface area contributed by atoms with Gasteiger partial charge in [-0.25, -0.2) is 9.59 Å². The van der Waals surface area contributed by atoms with Crippen LogP contribution in [0.25, 0.3) is 0 Å². The van der Waals surface area contributed by atoms with E-state index in [2.05, 4.69) is 5.32 Å². The van der Waals surface area contributed by atoms with Gasteiger partial charge in [-0.15, -0.1) is 0 Å². The standard InChI is InChI=1S/C27H26N2O7/c1-3-35-26(33)17-7-11-19(12-8-17)28-22(30)15-36-27(34)18-9-13-20(14-10-18)29-24(31)21-6-4-5-16(2)23(21)25(29)32/h4-5,7-14,16,21,23H,3,6,15H2,1-2H3,(H,28,30)/t16-,21+,23+/m0/s1. The third-order valence-electron chi connectivity index (χ3n) is 6.25. The molecule has 1 heterocycles.